The molecule has 2 heterocycles. The number of ether oxygens (including phenoxy) is 2. The van der Waals surface area contributed by atoms with Gasteiger partial charge in [-0.3, -0.25) is 4.98 Å². The van der Waals surface area contributed by atoms with Gasteiger partial charge in [0.1, 0.15) is 5.60 Å². The molecule has 0 spiro atoms. The molecule has 0 bridgehead atoms. The number of aryl methyl sites for hydroxylation is 1. The number of carbonyl (C=O) groups is 1. The van der Waals surface area contributed by atoms with Crippen LogP contribution in [0.3, 0.4) is 0 Å². The topological polar surface area (TPSA) is 64.6 Å². The van der Waals surface area contributed by atoms with Crippen molar-refractivity contribution in [1.29, 1.82) is 0 Å². The van der Waals surface area contributed by atoms with Crippen LogP contribution in [0, 0.1) is 12.8 Å². The van der Waals surface area contributed by atoms with E-state index in [0.29, 0.717) is 18.4 Å². The van der Waals surface area contributed by atoms with Gasteiger partial charge < -0.3 is 14.4 Å². The fourth-order valence-electron chi connectivity index (χ4n) is 2.81. The Labute approximate surface area is 144 Å². The lowest BCUT2D eigenvalue weighted by Gasteiger charge is -2.33. The van der Waals surface area contributed by atoms with Crippen LogP contribution < -0.4 is 4.74 Å². The summed E-state index contributed by atoms with van der Waals surface area (Å²) in [5, 5.41) is 0. The minimum Gasteiger partial charge on any atom is -0.476 e. The van der Waals surface area contributed by atoms with E-state index in [1.165, 1.54) is 0 Å². The van der Waals surface area contributed by atoms with Gasteiger partial charge in [0, 0.05) is 25.5 Å². The van der Waals surface area contributed by atoms with Gasteiger partial charge in [0.2, 0.25) is 5.88 Å². The van der Waals surface area contributed by atoms with Gasteiger partial charge in [0.25, 0.3) is 0 Å². The maximum absolute atomic E-state index is 12.0. The van der Waals surface area contributed by atoms with Gasteiger partial charge >= 0.3 is 6.09 Å². The lowest BCUT2D eigenvalue weighted by Crippen LogP contribution is -2.41. The number of nitrogens with zero attached hydrogens (tertiary/aromatic N) is 3. The molecule has 1 saturated heterocycles. The SMILES string of the molecule is Cc1nccnc1OCCCC1CCN(C(=O)OC(C)(C)C)CC1. The molecule has 0 aliphatic carbocycles. The van der Waals surface area contributed by atoms with Crippen LogP contribution in [0.25, 0.3) is 0 Å². The average Bonchev–Trinajstić information content (AvgIpc) is 2.52. The second-order valence-electron chi connectivity index (χ2n) is 7.35. The Hall–Kier alpha value is -1.85. The number of amides is 1. The van der Waals surface area contributed by atoms with Crippen molar-refractivity contribution in [3.63, 3.8) is 0 Å². The van der Waals surface area contributed by atoms with Crippen LogP contribution in [0.1, 0.15) is 52.1 Å². The highest BCUT2D eigenvalue weighted by atomic mass is 16.6. The third kappa shape index (κ3) is 5.98. The van der Waals surface area contributed by atoms with Crippen molar-refractivity contribution < 1.29 is 14.3 Å². The summed E-state index contributed by atoms with van der Waals surface area (Å²) in [6.07, 6.45) is 7.29. The fourth-order valence-corrected chi connectivity index (χ4v) is 2.81. The van der Waals surface area contributed by atoms with E-state index >= 15 is 0 Å². The first kappa shape index (κ1) is 18.5. The van der Waals surface area contributed by atoms with E-state index in [1.807, 2.05) is 32.6 Å². The molecule has 24 heavy (non-hydrogen) atoms. The molecular weight excluding hydrogens is 306 g/mol. The summed E-state index contributed by atoms with van der Waals surface area (Å²) >= 11 is 0. The zero-order valence-corrected chi connectivity index (χ0v) is 15.2. The maximum Gasteiger partial charge on any atom is 0.410 e. The van der Waals surface area contributed by atoms with Crippen LogP contribution in [-0.2, 0) is 4.74 Å². The van der Waals surface area contributed by atoms with Crippen molar-refractivity contribution in [2.24, 2.45) is 5.92 Å². The Morgan fingerprint density at radius 3 is 2.54 bits per heavy atom. The smallest absolute Gasteiger partial charge is 0.410 e. The highest BCUT2D eigenvalue weighted by Gasteiger charge is 2.26. The summed E-state index contributed by atoms with van der Waals surface area (Å²) in [5.41, 5.74) is 0.396. The van der Waals surface area contributed by atoms with Crippen LogP contribution in [0.4, 0.5) is 4.79 Å². The number of aromatic nitrogens is 2. The van der Waals surface area contributed by atoms with E-state index in [-0.39, 0.29) is 6.09 Å². The molecule has 1 fully saturated rings. The minimum atomic E-state index is -0.427. The van der Waals surface area contributed by atoms with Crippen molar-refractivity contribution in [1.82, 2.24) is 14.9 Å². The van der Waals surface area contributed by atoms with Gasteiger partial charge in [-0.2, -0.15) is 0 Å². The predicted molar refractivity (Wildman–Crippen MR) is 92.0 cm³/mol. The monoisotopic (exact) mass is 335 g/mol. The van der Waals surface area contributed by atoms with E-state index in [0.717, 1.165) is 44.5 Å². The van der Waals surface area contributed by atoms with E-state index in [4.69, 9.17) is 9.47 Å². The molecule has 6 heteroatoms. The maximum atomic E-state index is 12.0. The zero-order chi connectivity index (χ0) is 17.6. The fraction of sp³-hybridized carbons (Fsp3) is 0.722. The molecule has 134 valence electrons. The molecule has 0 aromatic carbocycles. The van der Waals surface area contributed by atoms with Gasteiger partial charge in [0.15, 0.2) is 0 Å². The van der Waals surface area contributed by atoms with Crippen molar-refractivity contribution in [2.75, 3.05) is 19.7 Å². The number of hydrogen-bond donors (Lipinski definition) is 0. The molecule has 0 radical (unpaired) electrons. The Kier molecular flexibility index (Phi) is 6.40. The third-order valence-corrected chi connectivity index (χ3v) is 4.10. The standard InChI is InChI=1S/C18H29N3O3/c1-14-16(20-10-9-19-14)23-13-5-6-15-7-11-21(12-8-15)17(22)24-18(2,3)4/h9-10,15H,5-8,11-13H2,1-4H3. The molecule has 0 saturated carbocycles. The summed E-state index contributed by atoms with van der Waals surface area (Å²) in [6.45, 7) is 9.82. The van der Waals surface area contributed by atoms with Crippen molar-refractivity contribution in [3.05, 3.63) is 18.1 Å². The van der Waals surface area contributed by atoms with Crippen molar-refractivity contribution in [3.8, 4) is 5.88 Å². The van der Waals surface area contributed by atoms with Crippen LogP contribution in [0.15, 0.2) is 12.4 Å². The van der Waals surface area contributed by atoms with E-state index in [2.05, 4.69) is 9.97 Å². The Bertz CT molecular complexity index is 535. The molecule has 1 amide bonds. The third-order valence-electron chi connectivity index (χ3n) is 4.10. The second-order valence-corrected chi connectivity index (χ2v) is 7.35. The molecule has 6 nitrogen and oxygen atoms in total. The van der Waals surface area contributed by atoms with E-state index < -0.39 is 5.60 Å². The van der Waals surface area contributed by atoms with Crippen LogP contribution in [0.2, 0.25) is 0 Å². The highest BCUT2D eigenvalue weighted by molar-refractivity contribution is 5.68. The van der Waals surface area contributed by atoms with Gasteiger partial charge in [-0.1, -0.05) is 0 Å². The molecule has 0 N–H and O–H groups in total. The highest BCUT2D eigenvalue weighted by Crippen LogP contribution is 2.23. The lowest BCUT2D eigenvalue weighted by atomic mass is 9.92. The quantitative estimate of drug-likeness (QED) is 0.769. The molecule has 0 unspecified atom stereocenters. The van der Waals surface area contributed by atoms with Crippen molar-refractivity contribution in [2.45, 2.75) is 59.0 Å². The molecule has 1 aliphatic rings. The van der Waals surface area contributed by atoms with Gasteiger partial charge in [-0.05, 0) is 59.3 Å². The largest absolute Gasteiger partial charge is 0.476 e. The molecule has 1 aromatic heterocycles. The summed E-state index contributed by atoms with van der Waals surface area (Å²) in [6, 6.07) is 0. The zero-order valence-electron chi connectivity index (χ0n) is 15.2. The second kappa shape index (κ2) is 8.31. The van der Waals surface area contributed by atoms with Gasteiger partial charge in [0.05, 0.1) is 12.3 Å². The van der Waals surface area contributed by atoms with Crippen LogP contribution in [-0.4, -0.2) is 46.3 Å². The molecule has 2 rings (SSSR count). The predicted octanol–water partition coefficient (Wildman–Crippen LogP) is 3.59. The number of rotatable bonds is 5. The van der Waals surface area contributed by atoms with E-state index in [1.54, 1.807) is 12.4 Å². The first-order valence-corrected chi connectivity index (χ1v) is 8.73. The minimum absolute atomic E-state index is 0.192. The van der Waals surface area contributed by atoms with E-state index in [9.17, 15) is 4.79 Å². The van der Waals surface area contributed by atoms with Gasteiger partial charge in [-0.25, -0.2) is 9.78 Å². The molecule has 1 aliphatic heterocycles. The average molecular weight is 335 g/mol. The Morgan fingerprint density at radius 1 is 1.25 bits per heavy atom. The number of carbonyl (C=O) groups excluding carboxylic acids is 1. The van der Waals surface area contributed by atoms with Crippen molar-refractivity contribution >= 4 is 6.09 Å². The first-order chi connectivity index (χ1) is 11.3. The van der Waals surface area contributed by atoms with Gasteiger partial charge in [-0.15, -0.1) is 0 Å². The first-order valence-electron chi connectivity index (χ1n) is 8.73. The normalized spacial score (nSPS) is 16.1. The molecular formula is C18H29N3O3. The van der Waals surface area contributed by atoms with Crippen LogP contribution in [0.5, 0.6) is 5.88 Å². The molecule has 1 aromatic rings. The summed E-state index contributed by atoms with van der Waals surface area (Å²) in [5.74, 6) is 1.27. The summed E-state index contributed by atoms with van der Waals surface area (Å²) in [4.78, 5) is 22.2. The number of hydrogen-bond acceptors (Lipinski definition) is 5. The molecule has 0 atom stereocenters. The lowest BCUT2D eigenvalue weighted by molar-refractivity contribution is 0.0179. The Balaban J connectivity index is 1.63. The summed E-state index contributed by atoms with van der Waals surface area (Å²) in [7, 11) is 0. The summed E-state index contributed by atoms with van der Waals surface area (Å²) < 4.78 is 11.1. The Morgan fingerprint density at radius 2 is 1.92 bits per heavy atom. The number of likely N-dealkylation sites (tertiary alicyclic amines) is 1. The van der Waals surface area contributed by atoms with Crippen LogP contribution >= 0.6 is 0 Å². The number of piperidine rings is 1.